The quantitative estimate of drug-likeness (QED) is 0.667. The summed E-state index contributed by atoms with van der Waals surface area (Å²) in [6, 6.07) is 2.13. The zero-order valence-corrected chi connectivity index (χ0v) is 9.69. The van der Waals surface area contributed by atoms with Crippen LogP contribution in [0.4, 0.5) is 0 Å². The lowest BCUT2D eigenvalue weighted by Gasteiger charge is -2.50. The van der Waals surface area contributed by atoms with Crippen LogP contribution >= 0.6 is 0 Å². The second-order valence-corrected chi connectivity index (χ2v) is 6.09. The fraction of sp³-hybridized carbons (Fsp3) is 0.923. The maximum atomic E-state index is 12.2. The lowest BCUT2D eigenvalue weighted by atomic mass is 9.83. The summed E-state index contributed by atoms with van der Waals surface area (Å²) in [5.41, 5.74) is 0. The highest BCUT2D eigenvalue weighted by Gasteiger charge is 2.55. The zero-order valence-electron chi connectivity index (χ0n) is 9.69. The molecule has 2 saturated carbocycles. The van der Waals surface area contributed by atoms with Gasteiger partial charge in [0.2, 0.25) is 5.91 Å². The second kappa shape index (κ2) is 3.22. The summed E-state index contributed by atoms with van der Waals surface area (Å²) in [6.07, 6.45) is 9.10. The third-order valence-corrected chi connectivity index (χ3v) is 5.34. The molecule has 2 heterocycles. The molecule has 0 spiro atoms. The molecule has 88 valence electrons. The summed E-state index contributed by atoms with van der Waals surface area (Å²) in [5.74, 6) is 1.02. The Kier molecular flexibility index (Phi) is 1.90. The van der Waals surface area contributed by atoms with E-state index >= 15 is 0 Å². The van der Waals surface area contributed by atoms with E-state index in [0.29, 0.717) is 23.9 Å². The van der Waals surface area contributed by atoms with Crippen LogP contribution in [0.3, 0.4) is 0 Å². The lowest BCUT2D eigenvalue weighted by molar-refractivity contribution is -0.137. The van der Waals surface area contributed by atoms with Gasteiger partial charge in [-0.05, 0) is 38.0 Å². The van der Waals surface area contributed by atoms with Crippen LogP contribution in [0.25, 0.3) is 0 Å². The molecule has 4 rings (SSSR count). The fourth-order valence-corrected chi connectivity index (χ4v) is 4.75. The Morgan fingerprint density at radius 2 is 2.00 bits per heavy atom. The van der Waals surface area contributed by atoms with Crippen molar-refractivity contribution in [1.29, 1.82) is 0 Å². The number of fused-ring (bicyclic) bond motifs is 7. The Bertz CT molecular complexity index is 330. The van der Waals surface area contributed by atoms with Crippen molar-refractivity contribution in [3.05, 3.63) is 0 Å². The molecule has 4 aliphatic rings. The van der Waals surface area contributed by atoms with Crippen molar-refractivity contribution in [3.8, 4) is 0 Å². The van der Waals surface area contributed by atoms with Crippen molar-refractivity contribution in [2.75, 3.05) is 0 Å². The van der Waals surface area contributed by atoms with E-state index in [-0.39, 0.29) is 6.04 Å². The van der Waals surface area contributed by atoms with Crippen molar-refractivity contribution in [2.45, 2.75) is 69.1 Å². The van der Waals surface area contributed by atoms with Crippen molar-refractivity contribution < 1.29 is 4.79 Å². The molecule has 0 unspecified atom stereocenters. The zero-order chi connectivity index (χ0) is 10.7. The van der Waals surface area contributed by atoms with Crippen LogP contribution in [0.15, 0.2) is 0 Å². The van der Waals surface area contributed by atoms with Crippen molar-refractivity contribution in [2.24, 2.45) is 5.92 Å². The van der Waals surface area contributed by atoms with Crippen LogP contribution in [-0.4, -0.2) is 35.0 Å². The van der Waals surface area contributed by atoms with Gasteiger partial charge < -0.3 is 5.32 Å². The van der Waals surface area contributed by atoms with E-state index in [4.69, 9.17) is 0 Å². The summed E-state index contributed by atoms with van der Waals surface area (Å²) in [5, 5.41) is 3.29. The number of hydrogen-bond acceptors (Lipinski definition) is 2. The van der Waals surface area contributed by atoms with E-state index in [0.717, 1.165) is 6.04 Å². The van der Waals surface area contributed by atoms with Gasteiger partial charge in [-0.25, -0.2) is 0 Å². The molecule has 5 atom stereocenters. The average Bonchev–Trinajstić information content (AvgIpc) is 2.90. The van der Waals surface area contributed by atoms with Gasteiger partial charge in [-0.15, -0.1) is 0 Å². The van der Waals surface area contributed by atoms with Gasteiger partial charge in [-0.3, -0.25) is 9.69 Å². The molecular formula is C13H20N2O. The number of nitrogens with one attached hydrogen (secondary N) is 1. The first kappa shape index (κ1) is 9.46. The van der Waals surface area contributed by atoms with Crippen molar-refractivity contribution in [3.63, 3.8) is 0 Å². The summed E-state index contributed by atoms with van der Waals surface area (Å²) in [4.78, 5) is 14.8. The van der Waals surface area contributed by atoms with Gasteiger partial charge >= 0.3 is 0 Å². The van der Waals surface area contributed by atoms with E-state index in [9.17, 15) is 4.79 Å². The number of nitrogens with zero attached hydrogens (tertiary/aromatic N) is 1. The number of piperidine rings is 1. The number of carbonyl (C=O) groups is 1. The molecule has 0 aromatic rings. The van der Waals surface area contributed by atoms with Crippen molar-refractivity contribution in [1.82, 2.24) is 10.2 Å². The third-order valence-electron chi connectivity index (χ3n) is 5.34. The molecule has 4 fully saturated rings. The minimum atomic E-state index is 0.248. The van der Waals surface area contributed by atoms with Crippen molar-refractivity contribution >= 4 is 5.91 Å². The minimum Gasteiger partial charge on any atom is -0.350 e. The van der Waals surface area contributed by atoms with Gasteiger partial charge in [0.15, 0.2) is 0 Å². The molecule has 0 radical (unpaired) electrons. The number of rotatable bonds is 0. The number of hydrogen-bond donors (Lipinski definition) is 1. The van der Waals surface area contributed by atoms with Gasteiger partial charge in [0.05, 0.1) is 6.04 Å². The molecular weight excluding hydrogens is 200 g/mol. The highest BCUT2D eigenvalue weighted by Crippen LogP contribution is 2.47. The molecule has 0 aromatic carbocycles. The maximum Gasteiger partial charge on any atom is 0.237 e. The summed E-state index contributed by atoms with van der Waals surface area (Å²) >= 11 is 0. The molecule has 0 aromatic heterocycles. The van der Waals surface area contributed by atoms with Crippen LogP contribution in [0.2, 0.25) is 0 Å². The van der Waals surface area contributed by atoms with E-state index in [1.165, 1.54) is 44.9 Å². The highest BCUT2D eigenvalue weighted by atomic mass is 16.2. The summed E-state index contributed by atoms with van der Waals surface area (Å²) < 4.78 is 0. The Balaban J connectivity index is 1.68. The smallest absolute Gasteiger partial charge is 0.237 e. The molecule has 3 heteroatoms. The van der Waals surface area contributed by atoms with Gasteiger partial charge in [0.1, 0.15) is 0 Å². The standard InChI is InChI=1S/C13H20N2O/c16-13-12-8-5-6-9(7-8)15(12)11-4-2-1-3-10(11)14-13/h8-12H,1-7H2,(H,14,16)/t8-,9+,10+,11+,12+/m0/s1. The van der Waals surface area contributed by atoms with Crippen LogP contribution < -0.4 is 5.32 Å². The summed E-state index contributed by atoms with van der Waals surface area (Å²) in [6.45, 7) is 0. The highest BCUT2D eigenvalue weighted by molar-refractivity contribution is 5.84. The molecule has 1 amide bonds. The number of amides is 1. The topological polar surface area (TPSA) is 32.3 Å². The molecule has 1 N–H and O–H groups in total. The van der Waals surface area contributed by atoms with Gasteiger partial charge in [-0.1, -0.05) is 12.8 Å². The Hall–Kier alpha value is -0.570. The van der Waals surface area contributed by atoms with Crippen LogP contribution in [0.1, 0.15) is 44.9 Å². The van der Waals surface area contributed by atoms with Gasteiger partial charge in [0, 0.05) is 18.1 Å². The monoisotopic (exact) mass is 220 g/mol. The van der Waals surface area contributed by atoms with E-state index < -0.39 is 0 Å². The molecule has 3 nitrogen and oxygen atoms in total. The first-order valence-electron chi connectivity index (χ1n) is 6.92. The van der Waals surface area contributed by atoms with E-state index in [1.54, 1.807) is 0 Å². The van der Waals surface area contributed by atoms with E-state index in [1.807, 2.05) is 0 Å². The van der Waals surface area contributed by atoms with E-state index in [2.05, 4.69) is 10.2 Å². The first-order valence-corrected chi connectivity index (χ1v) is 6.92. The van der Waals surface area contributed by atoms with Gasteiger partial charge in [0.25, 0.3) is 0 Å². The first-order chi connectivity index (χ1) is 7.84. The Morgan fingerprint density at radius 1 is 1.12 bits per heavy atom. The third kappa shape index (κ3) is 1.10. The predicted octanol–water partition coefficient (Wildman–Crippen LogP) is 1.28. The maximum absolute atomic E-state index is 12.2. The van der Waals surface area contributed by atoms with Crippen LogP contribution in [0, 0.1) is 5.92 Å². The number of piperazine rings is 1. The van der Waals surface area contributed by atoms with Crippen LogP contribution in [0.5, 0.6) is 0 Å². The lowest BCUT2D eigenvalue weighted by Crippen LogP contribution is -2.67. The normalized spacial score (nSPS) is 51.0. The second-order valence-electron chi connectivity index (χ2n) is 6.09. The average molecular weight is 220 g/mol. The molecule has 2 bridgehead atoms. The number of carbonyl (C=O) groups excluding carboxylic acids is 1. The van der Waals surface area contributed by atoms with Crippen LogP contribution in [-0.2, 0) is 4.79 Å². The SMILES string of the molecule is O=C1N[C@@H]2CCCC[C@H]2N2[C@@H]3CC[C@@H](C3)[C@H]12. The minimum absolute atomic E-state index is 0.248. The van der Waals surface area contributed by atoms with Gasteiger partial charge in [-0.2, -0.15) is 0 Å². The largest absolute Gasteiger partial charge is 0.350 e. The fourth-order valence-electron chi connectivity index (χ4n) is 4.75. The molecule has 2 aliphatic carbocycles. The predicted molar refractivity (Wildman–Crippen MR) is 60.9 cm³/mol. The molecule has 2 aliphatic heterocycles. The Labute approximate surface area is 96.6 Å². The Morgan fingerprint density at radius 3 is 2.94 bits per heavy atom. The molecule has 2 saturated heterocycles. The summed E-state index contributed by atoms with van der Waals surface area (Å²) in [7, 11) is 0. The molecule has 16 heavy (non-hydrogen) atoms.